The molecule has 0 aromatic carbocycles. The highest BCUT2D eigenvalue weighted by Crippen LogP contribution is 2.27. The molecule has 1 fully saturated rings. The molecule has 1 atom stereocenters. The minimum absolute atomic E-state index is 0.718. The maximum absolute atomic E-state index is 3.54. The van der Waals surface area contributed by atoms with Crippen molar-refractivity contribution in [3.63, 3.8) is 0 Å². The highest BCUT2D eigenvalue weighted by Gasteiger charge is 2.17. The summed E-state index contributed by atoms with van der Waals surface area (Å²) in [6.45, 7) is 0. The molecule has 1 aliphatic rings. The number of hydrogen-bond donors (Lipinski definition) is 1. The van der Waals surface area contributed by atoms with E-state index in [0.717, 1.165) is 12.0 Å². The van der Waals surface area contributed by atoms with Crippen LogP contribution in [-0.4, -0.2) is 13.1 Å². The lowest BCUT2D eigenvalue weighted by molar-refractivity contribution is 0.352. The summed E-state index contributed by atoms with van der Waals surface area (Å²) in [4.78, 5) is 1.54. The Hall–Kier alpha value is -0.340. The van der Waals surface area contributed by atoms with Crippen LogP contribution in [0.4, 0.5) is 0 Å². The predicted octanol–water partition coefficient (Wildman–Crippen LogP) is 4.63. The van der Waals surface area contributed by atoms with Gasteiger partial charge in [0.15, 0.2) is 0 Å². The van der Waals surface area contributed by atoms with Crippen LogP contribution in [0.3, 0.4) is 0 Å². The Bertz CT molecular complexity index is 299. The van der Waals surface area contributed by atoms with Gasteiger partial charge in [0.2, 0.25) is 0 Å². The van der Waals surface area contributed by atoms with Crippen molar-refractivity contribution in [1.82, 2.24) is 5.32 Å². The first-order valence-corrected chi connectivity index (χ1v) is 8.46. The van der Waals surface area contributed by atoms with Crippen molar-refractivity contribution in [3.8, 4) is 0 Å². The van der Waals surface area contributed by atoms with Crippen LogP contribution in [0.1, 0.15) is 56.2 Å². The monoisotopic (exact) mass is 265 g/mol. The summed E-state index contributed by atoms with van der Waals surface area (Å²) in [5.41, 5.74) is 0. The zero-order valence-electron chi connectivity index (χ0n) is 11.7. The fraction of sp³-hybridized carbons (Fsp3) is 0.750. The largest absolute Gasteiger partial charge is 0.317 e. The van der Waals surface area contributed by atoms with Gasteiger partial charge in [0, 0.05) is 10.9 Å². The van der Waals surface area contributed by atoms with E-state index in [9.17, 15) is 0 Å². The molecule has 0 radical (unpaired) electrons. The molecule has 2 rings (SSSR count). The molecule has 0 bridgehead atoms. The molecular formula is C16H27NS. The second-order valence-corrected chi connectivity index (χ2v) is 6.73. The van der Waals surface area contributed by atoms with Crippen molar-refractivity contribution in [1.29, 1.82) is 0 Å². The Morgan fingerprint density at radius 3 is 2.67 bits per heavy atom. The van der Waals surface area contributed by atoms with E-state index in [4.69, 9.17) is 0 Å². The molecule has 1 unspecified atom stereocenters. The van der Waals surface area contributed by atoms with Crippen LogP contribution in [0, 0.1) is 5.92 Å². The van der Waals surface area contributed by atoms with Crippen LogP contribution in [0.5, 0.6) is 0 Å². The maximum Gasteiger partial charge on any atom is 0.00701 e. The third-order valence-corrected chi connectivity index (χ3v) is 5.26. The van der Waals surface area contributed by atoms with Crippen LogP contribution in [0.15, 0.2) is 17.5 Å². The lowest BCUT2D eigenvalue weighted by atomic mass is 9.91. The minimum Gasteiger partial charge on any atom is -0.317 e. The third kappa shape index (κ3) is 4.74. The maximum atomic E-state index is 3.54. The SMILES string of the molecule is CNC(CCc1cccs1)CC1CCCCCC1. The van der Waals surface area contributed by atoms with Gasteiger partial charge in [0.25, 0.3) is 0 Å². The van der Waals surface area contributed by atoms with Crippen molar-refractivity contribution >= 4 is 11.3 Å². The Balaban J connectivity index is 1.73. The number of rotatable bonds is 6. The average Bonchev–Trinajstić information content (AvgIpc) is 2.78. The normalized spacial score (nSPS) is 19.6. The average molecular weight is 265 g/mol. The quantitative estimate of drug-likeness (QED) is 0.740. The van der Waals surface area contributed by atoms with E-state index in [1.54, 1.807) is 0 Å². The van der Waals surface area contributed by atoms with Crippen LogP contribution < -0.4 is 5.32 Å². The molecule has 0 saturated heterocycles. The highest BCUT2D eigenvalue weighted by molar-refractivity contribution is 7.09. The summed E-state index contributed by atoms with van der Waals surface area (Å²) in [5.74, 6) is 0.980. The molecular weight excluding hydrogens is 238 g/mol. The van der Waals surface area contributed by atoms with Gasteiger partial charge < -0.3 is 5.32 Å². The molecule has 1 aliphatic carbocycles. The predicted molar refractivity (Wildman–Crippen MR) is 81.3 cm³/mol. The van der Waals surface area contributed by atoms with Gasteiger partial charge in [-0.2, -0.15) is 0 Å². The molecule has 1 heterocycles. The first kappa shape index (κ1) is 14.1. The zero-order valence-corrected chi connectivity index (χ0v) is 12.5. The van der Waals surface area contributed by atoms with Gasteiger partial charge in [-0.25, -0.2) is 0 Å². The summed E-state index contributed by atoms with van der Waals surface area (Å²) in [6, 6.07) is 5.15. The summed E-state index contributed by atoms with van der Waals surface area (Å²) in [5, 5.41) is 5.73. The van der Waals surface area contributed by atoms with Gasteiger partial charge in [0.05, 0.1) is 0 Å². The minimum atomic E-state index is 0.718. The molecule has 0 amide bonds. The molecule has 1 aromatic rings. The number of nitrogens with one attached hydrogen (secondary N) is 1. The lowest BCUT2D eigenvalue weighted by Crippen LogP contribution is -2.28. The van der Waals surface area contributed by atoms with Gasteiger partial charge in [-0.3, -0.25) is 0 Å². The van der Waals surface area contributed by atoms with Crippen molar-refractivity contribution in [2.24, 2.45) is 5.92 Å². The van der Waals surface area contributed by atoms with Crippen molar-refractivity contribution in [2.45, 2.75) is 63.8 Å². The summed E-state index contributed by atoms with van der Waals surface area (Å²) < 4.78 is 0. The molecule has 102 valence electrons. The highest BCUT2D eigenvalue weighted by atomic mass is 32.1. The molecule has 1 aromatic heterocycles. The Labute approximate surface area is 116 Å². The second-order valence-electron chi connectivity index (χ2n) is 5.70. The van der Waals surface area contributed by atoms with Crippen molar-refractivity contribution < 1.29 is 0 Å². The number of hydrogen-bond acceptors (Lipinski definition) is 2. The Morgan fingerprint density at radius 1 is 1.28 bits per heavy atom. The van der Waals surface area contributed by atoms with E-state index < -0.39 is 0 Å². The first-order chi connectivity index (χ1) is 8.88. The molecule has 0 spiro atoms. The van der Waals surface area contributed by atoms with E-state index in [1.165, 1.54) is 62.7 Å². The van der Waals surface area contributed by atoms with E-state index in [0.29, 0.717) is 0 Å². The molecule has 18 heavy (non-hydrogen) atoms. The first-order valence-electron chi connectivity index (χ1n) is 7.58. The fourth-order valence-corrected chi connectivity index (χ4v) is 3.88. The van der Waals surface area contributed by atoms with Gasteiger partial charge in [-0.15, -0.1) is 11.3 Å². The van der Waals surface area contributed by atoms with E-state index >= 15 is 0 Å². The van der Waals surface area contributed by atoms with Gasteiger partial charge in [-0.1, -0.05) is 44.6 Å². The van der Waals surface area contributed by atoms with E-state index in [2.05, 4.69) is 29.9 Å². The smallest absolute Gasteiger partial charge is 0.00701 e. The number of aryl methyl sites for hydroxylation is 1. The summed E-state index contributed by atoms with van der Waals surface area (Å²) in [7, 11) is 2.13. The molecule has 2 heteroatoms. The van der Waals surface area contributed by atoms with E-state index in [1.807, 2.05) is 11.3 Å². The molecule has 1 saturated carbocycles. The standard InChI is InChI=1S/C16H27NS/c1-17-15(10-11-16-9-6-12-18-16)13-14-7-4-2-3-5-8-14/h6,9,12,14-15,17H,2-5,7-8,10-11,13H2,1H3. The van der Waals surface area contributed by atoms with Crippen LogP contribution in [-0.2, 0) is 6.42 Å². The molecule has 1 N–H and O–H groups in total. The number of thiophene rings is 1. The van der Waals surface area contributed by atoms with E-state index in [-0.39, 0.29) is 0 Å². The Kier molecular flexibility index (Phi) is 6.22. The van der Waals surface area contributed by atoms with Crippen LogP contribution >= 0.6 is 11.3 Å². The summed E-state index contributed by atoms with van der Waals surface area (Å²) >= 11 is 1.90. The third-order valence-electron chi connectivity index (χ3n) is 4.32. The molecule has 1 nitrogen and oxygen atoms in total. The van der Waals surface area contributed by atoms with Gasteiger partial charge in [0.1, 0.15) is 0 Å². The molecule has 0 aliphatic heterocycles. The van der Waals surface area contributed by atoms with Crippen molar-refractivity contribution in [2.75, 3.05) is 7.05 Å². The lowest BCUT2D eigenvalue weighted by Gasteiger charge is -2.22. The topological polar surface area (TPSA) is 12.0 Å². The van der Waals surface area contributed by atoms with Crippen molar-refractivity contribution in [3.05, 3.63) is 22.4 Å². The van der Waals surface area contributed by atoms with Gasteiger partial charge in [-0.05, 0) is 43.7 Å². The zero-order chi connectivity index (χ0) is 12.6. The summed E-state index contributed by atoms with van der Waals surface area (Å²) in [6.07, 6.45) is 12.7. The fourth-order valence-electron chi connectivity index (χ4n) is 3.15. The van der Waals surface area contributed by atoms with Crippen LogP contribution in [0.2, 0.25) is 0 Å². The van der Waals surface area contributed by atoms with Gasteiger partial charge >= 0.3 is 0 Å². The van der Waals surface area contributed by atoms with Crippen LogP contribution in [0.25, 0.3) is 0 Å². The Morgan fingerprint density at radius 2 is 2.06 bits per heavy atom. The second kappa shape index (κ2) is 7.96.